The number of aliphatic hydroxyl groups excluding tert-OH is 1. The molecule has 0 aliphatic rings. The minimum absolute atomic E-state index is 0.499. The standard InChI is InChI=1S/C12H14BrN3O2/c1-9(17)12-8-16(15-14-12)5-6-18-11-4-2-3-10(13)7-11/h2-4,7-9,17H,5-6H2,1H3. The van der Waals surface area contributed by atoms with Gasteiger partial charge >= 0.3 is 0 Å². The quantitative estimate of drug-likeness (QED) is 0.919. The van der Waals surface area contributed by atoms with Gasteiger partial charge in [0.05, 0.1) is 18.8 Å². The number of halogens is 1. The lowest BCUT2D eigenvalue weighted by Crippen LogP contribution is -2.08. The highest BCUT2D eigenvalue weighted by Gasteiger charge is 2.05. The molecule has 2 rings (SSSR count). The molecule has 0 spiro atoms. The molecular formula is C12H14BrN3O2. The molecule has 1 heterocycles. The van der Waals surface area contributed by atoms with Crippen LogP contribution in [0.25, 0.3) is 0 Å². The fourth-order valence-electron chi connectivity index (χ4n) is 1.43. The molecule has 1 atom stereocenters. The fraction of sp³-hybridized carbons (Fsp3) is 0.333. The van der Waals surface area contributed by atoms with E-state index in [1.807, 2.05) is 24.3 Å². The van der Waals surface area contributed by atoms with Crippen molar-refractivity contribution in [2.24, 2.45) is 0 Å². The van der Waals surface area contributed by atoms with Crippen LogP contribution in [0.1, 0.15) is 18.7 Å². The van der Waals surface area contributed by atoms with E-state index in [-0.39, 0.29) is 0 Å². The lowest BCUT2D eigenvalue weighted by molar-refractivity contribution is 0.194. The SMILES string of the molecule is CC(O)c1cn(CCOc2cccc(Br)c2)nn1. The topological polar surface area (TPSA) is 60.2 Å². The van der Waals surface area contributed by atoms with Crippen LogP contribution in [-0.4, -0.2) is 26.7 Å². The molecule has 1 aromatic carbocycles. The maximum absolute atomic E-state index is 9.32. The lowest BCUT2D eigenvalue weighted by atomic mass is 10.3. The zero-order valence-electron chi connectivity index (χ0n) is 9.95. The van der Waals surface area contributed by atoms with Gasteiger partial charge in [0.15, 0.2) is 0 Å². The molecule has 0 saturated heterocycles. The van der Waals surface area contributed by atoms with E-state index in [4.69, 9.17) is 4.74 Å². The van der Waals surface area contributed by atoms with Crippen molar-refractivity contribution in [1.29, 1.82) is 0 Å². The number of ether oxygens (including phenoxy) is 1. The van der Waals surface area contributed by atoms with E-state index in [0.29, 0.717) is 18.8 Å². The first-order valence-corrected chi connectivity index (χ1v) is 6.41. The Labute approximate surface area is 114 Å². The molecule has 18 heavy (non-hydrogen) atoms. The first kappa shape index (κ1) is 13.0. The van der Waals surface area contributed by atoms with E-state index in [0.717, 1.165) is 10.2 Å². The molecule has 0 saturated carbocycles. The predicted molar refractivity (Wildman–Crippen MR) is 70.3 cm³/mol. The van der Waals surface area contributed by atoms with Gasteiger partial charge in [0, 0.05) is 4.47 Å². The second-order valence-electron chi connectivity index (χ2n) is 3.89. The third kappa shape index (κ3) is 3.54. The molecule has 5 nitrogen and oxygen atoms in total. The predicted octanol–water partition coefficient (Wildman–Crippen LogP) is 2.17. The van der Waals surface area contributed by atoms with Crippen LogP contribution in [0.2, 0.25) is 0 Å². The summed E-state index contributed by atoms with van der Waals surface area (Å²) < 4.78 is 8.22. The summed E-state index contributed by atoms with van der Waals surface area (Å²) in [5, 5.41) is 17.1. The van der Waals surface area contributed by atoms with Gasteiger partial charge in [-0.25, -0.2) is 4.68 Å². The van der Waals surface area contributed by atoms with Crippen molar-refractivity contribution in [3.05, 3.63) is 40.6 Å². The Morgan fingerprint density at radius 1 is 1.50 bits per heavy atom. The van der Waals surface area contributed by atoms with Crippen LogP contribution < -0.4 is 4.74 Å². The van der Waals surface area contributed by atoms with E-state index in [1.54, 1.807) is 17.8 Å². The van der Waals surface area contributed by atoms with Gasteiger partial charge in [-0.05, 0) is 25.1 Å². The third-order valence-electron chi connectivity index (χ3n) is 2.37. The molecule has 0 fully saturated rings. The molecule has 0 amide bonds. The molecular weight excluding hydrogens is 298 g/mol. The molecule has 96 valence electrons. The van der Waals surface area contributed by atoms with Crippen LogP contribution in [0, 0.1) is 0 Å². The van der Waals surface area contributed by atoms with Crippen molar-refractivity contribution in [1.82, 2.24) is 15.0 Å². The molecule has 0 aliphatic heterocycles. The average molecular weight is 312 g/mol. The minimum Gasteiger partial charge on any atom is -0.492 e. The maximum Gasteiger partial charge on any atom is 0.120 e. The molecule has 2 aromatic rings. The van der Waals surface area contributed by atoms with Crippen LogP contribution in [0.15, 0.2) is 34.9 Å². The molecule has 1 aromatic heterocycles. The highest BCUT2D eigenvalue weighted by atomic mass is 79.9. The van der Waals surface area contributed by atoms with Crippen LogP contribution in [0.4, 0.5) is 0 Å². The van der Waals surface area contributed by atoms with Crippen molar-refractivity contribution in [2.45, 2.75) is 19.6 Å². The van der Waals surface area contributed by atoms with Crippen LogP contribution in [0.5, 0.6) is 5.75 Å². The third-order valence-corrected chi connectivity index (χ3v) is 2.86. The number of hydrogen-bond acceptors (Lipinski definition) is 4. The van der Waals surface area contributed by atoms with E-state index in [2.05, 4.69) is 26.2 Å². The van der Waals surface area contributed by atoms with Gasteiger partial charge < -0.3 is 9.84 Å². The molecule has 6 heteroatoms. The Bertz CT molecular complexity index is 514. The van der Waals surface area contributed by atoms with Crippen molar-refractivity contribution in [3.8, 4) is 5.75 Å². The largest absolute Gasteiger partial charge is 0.492 e. The lowest BCUT2D eigenvalue weighted by Gasteiger charge is -2.05. The second-order valence-corrected chi connectivity index (χ2v) is 4.80. The molecule has 1 N–H and O–H groups in total. The summed E-state index contributed by atoms with van der Waals surface area (Å²) in [5.74, 6) is 0.806. The highest BCUT2D eigenvalue weighted by Crippen LogP contribution is 2.17. The first-order valence-electron chi connectivity index (χ1n) is 5.61. The van der Waals surface area contributed by atoms with E-state index >= 15 is 0 Å². The van der Waals surface area contributed by atoms with Crippen molar-refractivity contribution in [3.63, 3.8) is 0 Å². The summed E-state index contributed by atoms with van der Waals surface area (Å²) in [6.45, 7) is 2.75. The number of hydrogen-bond donors (Lipinski definition) is 1. The van der Waals surface area contributed by atoms with Crippen molar-refractivity contribution in [2.75, 3.05) is 6.61 Å². The number of nitrogens with zero attached hydrogens (tertiary/aromatic N) is 3. The summed E-state index contributed by atoms with van der Waals surface area (Å²) in [6.07, 6.45) is 1.12. The molecule has 0 bridgehead atoms. The Morgan fingerprint density at radius 2 is 2.33 bits per heavy atom. The van der Waals surface area contributed by atoms with Gasteiger partial charge in [-0.15, -0.1) is 5.10 Å². The van der Waals surface area contributed by atoms with Gasteiger partial charge in [0.2, 0.25) is 0 Å². The second kappa shape index (κ2) is 5.97. The smallest absolute Gasteiger partial charge is 0.120 e. The van der Waals surface area contributed by atoms with Gasteiger partial charge in [-0.1, -0.05) is 27.2 Å². The Morgan fingerprint density at radius 3 is 3.00 bits per heavy atom. The Kier molecular flexibility index (Phi) is 4.33. The average Bonchev–Trinajstić information content (AvgIpc) is 2.78. The zero-order valence-corrected chi connectivity index (χ0v) is 11.5. The van der Waals surface area contributed by atoms with Gasteiger partial charge in [0.25, 0.3) is 0 Å². The summed E-state index contributed by atoms with van der Waals surface area (Å²) in [5.41, 5.74) is 0.567. The molecule has 0 aliphatic carbocycles. The van der Waals surface area contributed by atoms with Crippen LogP contribution in [-0.2, 0) is 6.54 Å². The monoisotopic (exact) mass is 311 g/mol. The van der Waals surface area contributed by atoms with Crippen molar-refractivity contribution < 1.29 is 9.84 Å². The molecule has 0 radical (unpaired) electrons. The summed E-state index contributed by atoms with van der Waals surface area (Å²) >= 11 is 3.38. The Balaban J connectivity index is 1.84. The van der Waals surface area contributed by atoms with Gasteiger partial charge in [0.1, 0.15) is 18.1 Å². The van der Waals surface area contributed by atoms with Gasteiger partial charge in [-0.3, -0.25) is 0 Å². The van der Waals surface area contributed by atoms with E-state index in [1.165, 1.54) is 0 Å². The van der Waals surface area contributed by atoms with Crippen molar-refractivity contribution >= 4 is 15.9 Å². The normalized spacial score (nSPS) is 12.4. The number of aliphatic hydroxyl groups is 1. The summed E-state index contributed by atoms with van der Waals surface area (Å²) in [4.78, 5) is 0. The van der Waals surface area contributed by atoms with E-state index in [9.17, 15) is 5.11 Å². The number of rotatable bonds is 5. The highest BCUT2D eigenvalue weighted by molar-refractivity contribution is 9.10. The van der Waals surface area contributed by atoms with Crippen LogP contribution in [0.3, 0.4) is 0 Å². The van der Waals surface area contributed by atoms with E-state index < -0.39 is 6.10 Å². The summed E-state index contributed by atoms with van der Waals surface area (Å²) in [7, 11) is 0. The zero-order chi connectivity index (χ0) is 13.0. The minimum atomic E-state index is -0.593. The molecule has 1 unspecified atom stereocenters. The number of aromatic nitrogens is 3. The maximum atomic E-state index is 9.32. The fourth-order valence-corrected chi connectivity index (χ4v) is 1.81. The van der Waals surface area contributed by atoms with Gasteiger partial charge in [-0.2, -0.15) is 0 Å². The Hall–Kier alpha value is -1.40. The van der Waals surface area contributed by atoms with Crippen LogP contribution >= 0.6 is 15.9 Å². The summed E-state index contributed by atoms with van der Waals surface area (Å²) in [6, 6.07) is 7.66. The first-order chi connectivity index (χ1) is 8.65. The number of benzene rings is 1.